The van der Waals surface area contributed by atoms with Gasteiger partial charge in [0.15, 0.2) is 0 Å². The van der Waals surface area contributed by atoms with Crippen molar-refractivity contribution in [3.63, 3.8) is 0 Å². The third kappa shape index (κ3) is 5.26. The van der Waals surface area contributed by atoms with Crippen molar-refractivity contribution in [2.75, 3.05) is 0 Å². The summed E-state index contributed by atoms with van der Waals surface area (Å²) in [7, 11) is 0. The molecule has 56 heavy (non-hydrogen) atoms. The average molecular weight is 713 g/mol. The summed E-state index contributed by atoms with van der Waals surface area (Å²) in [5.74, 6) is 0. The Hall–Kier alpha value is -7.42. The molecule has 0 N–H and O–H groups in total. The van der Waals surface area contributed by atoms with Crippen molar-refractivity contribution in [1.82, 2.24) is 9.13 Å². The van der Waals surface area contributed by atoms with E-state index in [-0.39, 0.29) is 0 Å². The predicted octanol–water partition coefficient (Wildman–Crippen LogP) is 14.5. The summed E-state index contributed by atoms with van der Waals surface area (Å²) in [5.41, 5.74) is 16.8. The molecule has 0 saturated heterocycles. The first-order valence-electron chi connectivity index (χ1n) is 19.3. The van der Waals surface area contributed by atoms with Gasteiger partial charge < -0.3 is 9.13 Å². The molecule has 0 spiro atoms. The topological polar surface area (TPSA) is 9.86 Å². The zero-order valence-electron chi connectivity index (χ0n) is 30.7. The fourth-order valence-electron chi connectivity index (χ4n) is 8.73. The number of nitrogens with zero attached hydrogens (tertiary/aromatic N) is 2. The second-order valence-corrected chi connectivity index (χ2v) is 14.5. The van der Waals surface area contributed by atoms with Crippen LogP contribution in [0.4, 0.5) is 0 Å². The molecule has 0 aliphatic carbocycles. The first kappa shape index (κ1) is 32.0. The summed E-state index contributed by atoms with van der Waals surface area (Å²) in [6.07, 6.45) is 0. The minimum atomic E-state index is 1.15. The minimum Gasteiger partial charge on any atom is -0.309 e. The van der Waals surface area contributed by atoms with Gasteiger partial charge in [-0.1, -0.05) is 158 Å². The van der Waals surface area contributed by atoms with E-state index in [0.717, 1.165) is 11.4 Å². The summed E-state index contributed by atoms with van der Waals surface area (Å²) < 4.78 is 4.83. The van der Waals surface area contributed by atoms with Gasteiger partial charge in [-0.15, -0.1) is 0 Å². The van der Waals surface area contributed by atoms with Crippen LogP contribution in [0.2, 0.25) is 0 Å². The molecule has 11 rings (SSSR count). The Labute approximate surface area is 325 Å². The number of hydrogen-bond acceptors (Lipinski definition) is 0. The molecule has 0 bridgehead atoms. The van der Waals surface area contributed by atoms with Crippen LogP contribution in [0.3, 0.4) is 0 Å². The zero-order valence-corrected chi connectivity index (χ0v) is 30.7. The van der Waals surface area contributed by atoms with Crippen molar-refractivity contribution < 1.29 is 0 Å². The van der Waals surface area contributed by atoms with Gasteiger partial charge >= 0.3 is 0 Å². The highest BCUT2D eigenvalue weighted by atomic mass is 15.0. The Morgan fingerprint density at radius 1 is 0.214 bits per heavy atom. The Morgan fingerprint density at radius 3 is 1.18 bits per heavy atom. The molecule has 2 nitrogen and oxygen atoms in total. The summed E-state index contributed by atoms with van der Waals surface area (Å²) >= 11 is 0. The molecule has 2 aromatic heterocycles. The summed E-state index contributed by atoms with van der Waals surface area (Å²) in [4.78, 5) is 0. The van der Waals surface area contributed by atoms with Crippen molar-refractivity contribution in [3.05, 3.63) is 218 Å². The Bertz CT molecular complexity index is 3240. The van der Waals surface area contributed by atoms with Crippen molar-refractivity contribution >= 4 is 43.6 Å². The Morgan fingerprint density at radius 2 is 0.607 bits per heavy atom. The minimum absolute atomic E-state index is 1.15. The lowest BCUT2D eigenvalue weighted by Gasteiger charge is -2.13. The van der Waals surface area contributed by atoms with Crippen molar-refractivity contribution in [2.45, 2.75) is 0 Å². The maximum Gasteiger partial charge on any atom is 0.0541 e. The van der Waals surface area contributed by atoms with E-state index in [1.807, 2.05) is 0 Å². The highest BCUT2D eigenvalue weighted by molar-refractivity contribution is 6.12. The Kier molecular flexibility index (Phi) is 7.53. The molecule has 9 aromatic carbocycles. The van der Waals surface area contributed by atoms with E-state index >= 15 is 0 Å². The van der Waals surface area contributed by atoms with Crippen LogP contribution in [0.15, 0.2) is 218 Å². The number of rotatable bonds is 6. The summed E-state index contributed by atoms with van der Waals surface area (Å²) in [6.45, 7) is 0. The van der Waals surface area contributed by atoms with Crippen LogP contribution < -0.4 is 0 Å². The smallest absolute Gasteiger partial charge is 0.0541 e. The number of para-hydroxylation sites is 2. The van der Waals surface area contributed by atoms with E-state index in [4.69, 9.17) is 0 Å². The second-order valence-electron chi connectivity index (χ2n) is 14.5. The molecule has 0 aliphatic rings. The Balaban J connectivity index is 1.04. The first-order valence-corrected chi connectivity index (χ1v) is 19.3. The third-order valence-electron chi connectivity index (χ3n) is 11.3. The molecule has 0 radical (unpaired) electrons. The lowest BCUT2D eigenvalue weighted by atomic mass is 9.94. The molecule has 2 heterocycles. The van der Waals surface area contributed by atoms with Gasteiger partial charge in [0.25, 0.3) is 0 Å². The molecular formula is C54H36N2. The predicted molar refractivity (Wildman–Crippen MR) is 237 cm³/mol. The van der Waals surface area contributed by atoms with Gasteiger partial charge in [0.2, 0.25) is 0 Å². The third-order valence-corrected chi connectivity index (χ3v) is 11.3. The van der Waals surface area contributed by atoms with Gasteiger partial charge in [-0.25, -0.2) is 0 Å². The molecule has 2 heteroatoms. The second kappa shape index (κ2) is 13.2. The molecule has 0 unspecified atom stereocenters. The molecule has 262 valence electrons. The number of fused-ring (bicyclic) bond motifs is 6. The maximum absolute atomic E-state index is 2.42. The van der Waals surface area contributed by atoms with Gasteiger partial charge in [0.05, 0.1) is 22.1 Å². The van der Waals surface area contributed by atoms with Crippen LogP contribution in [-0.2, 0) is 0 Å². The van der Waals surface area contributed by atoms with Gasteiger partial charge in [0.1, 0.15) is 0 Å². The van der Waals surface area contributed by atoms with Crippen LogP contribution in [0.5, 0.6) is 0 Å². The van der Waals surface area contributed by atoms with Crippen LogP contribution in [0.1, 0.15) is 0 Å². The molecular weight excluding hydrogens is 677 g/mol. The molecule has 0 fully saturated rings. The standard InChI is InChI=1S/C54H36N2/c1-3-15-37(16-4-1)39-19-13-21-43(33-39)55-51-27-11-9-25-47(51)49-35-40(29-31-53(49)55)41-30-32-54-50(36-41)48-26-10-12-28-52(48)56(54)44-22-14-20-42(34-44)46-24-8-7-23-45(46)38-17-5-2-6-18-38/h1-36H. The van der Waals surface area contributed by atoms with E-state index in [1.54, 1.807) is 0 Å². The van der Waals surface area contributed by atoms with Gasteiger partial charge in [0, 0.05) is 32.9 Å². The molecule has 0 saturated carbocycles. The fraction of sp³-hybridized carbons (Fsp3) is 0. The number of benzene rings is 9. The quantitative estimate of drug-likeness (QED) is 0.162. The SMILES string of the molecule is c1ccc(-c2cccc(-n3c4ccccc4c4cc(-c5ccc6c(c5)c5ccccc5n6-c5cccc(-c6ccccc6-c6ccccc6)c5)ccc43)c2)cc1. The number of aromatic nitrogens is 2. The highest BCUT2D eigenvalue weighted by Crippen LogP contribution is 2.40. The van der Waals surface area contributed by atoms with Gasteiger partial charge in [-0.05, 0) is 105 Å². The van der Waals surface area contributed by atoms with Crippen molar-refractivity contribution in [1.29, 1.82) is 0 Å². The maximum atomic E-state index is 2.42. The van der Waals surface area contributed by atoms with E-state index in [1.165, 1.54) is 88.1 Å². The van der Waals surface area contributed by atoms with Crippen LogP contribution >= 0.6 is 0 Å². The molecule has 0 amide bonds. The average Bonchev–Trinajstić information content (AvgIpc) is 3.79. The van der Waals surface area contributed by atoms with Crippen molar-refractivity contribution in [2.24, 2.45) is 0 Å². The molecule has 11 aromatic rings. The summed E-state index contributed by atoms with van der Waals surface area (Å²) in [5, 5.41) is 4.99. The first-order chi connectivity index (χ1) is 27.8. The zero-order chi connectivity index (χ0) is 37.0. The highest BCUT2D eigenvalue weighted by Gasteiger charge is 2.17. The summed E-state index contributed by atoms with van der Waals surface area (Å²) in [6, 6.07) is 79.4. The lowest BCUT2D eigenvalue weighted by Crippen LogP contribution is -1.95. The van der Waals surface area contributed by atoms with E-state index in [0.29, 0.717) is 0 Å². The van der Waals surface area contributed by atoms with Gasteiger partial charge in [-0.3, -0.25) is 0 Å². The monoisotopic (exact) mass is 712 g/mol. The van der Waals surface area contributed by atoms with E-state index < -0.39 is 0 Å². The largest absolute Gasteiger partial charge is 0.309 e. The van der Waals surface area contributed by atoms with Crippen LogP contribution in [0.25, 0.3) is 99.5 Å². The molecule has 0 aliphatic heterocycles. The van der Waals surface area contributed by atoms with Crippen molar-refractivity contribution in [3.8, 4) is 55.9 Å². The van der Waals surface area contributed by atoms with Crippen LogP contribution in [-0.4, -0.2) is 9.13 Å². The lowest BCUT2D eigenvalue weighted by molar-refractivity contribution is 1.18. The van der Waals surface area contributed by atoms with Crippen LogP contribution in [0, 0.1) is 0 Å². The fourth-order valence-corrected chi connectivity index (χ4v) is 8.73. The van der Waals surface area contributed by atoms with E-state index in [2.05, 4.69) is 228 Å². The van der Waals surface area contributed by atoms with Gasteiger partial charge in [-0.2, -0.15) is 0 Å². The normalized spacial score (nSPS) is 11.6. The molecule has 0 atom stereocenters. The number of hydrogen-bond donors (Lipinski definition) is 0. The van der Waals surface area contributed by atoms with E-state index in [9.17, 15) is 0 Å².